The second kappa shape index (κ2) is 6.60. The second-order valence-corrected chi connectivity index (χ2v) is 6.72. The van der Waals surface area contributed by atoms with Crippen LogP contribution in [0.1, 0.15) is 20.3 Å². The molecule has 134 valence electrons. The number of fused-ring (bicyclic) bond motifs is 3. The number of halogens is 1. The Bertz CT molecular complexity index is 1160. The summed E-state index contributed by atoms with van der Waals surface area (Å²) in [6, 6.07) is 7.82. The maximum Gasteiger partial charge on any atom is 0.335 e. The lowest BCUT2D eigenvalue weighted by atomic mass is 10.1. The highest BCUT2D eigenvalue weighted by Gasteiger charge is 2.21. The van der Waals surface area contributed by atoms with E-state index < -0.39 is 0 Å². The monoisotopic (exact) mass is 415 g/mol. The third-order valence-corrected chi connectivity index (χ3v) is 5.07. The number of aryl methyl sites for hydroxylation is 1. The second-order valence-electron chi connectivity index (χ2n) is 5.93. The maximum absolute atomic E-state index is 12.8. The largest absolute Gasteiger partial charge is 0.493 e. The summed E-state index contributed by atoms with van der Waals surface area (Å²) < 4.78 is 9.81. The zero-order valence-corrected chi connectivity index (χ0v) is 16.1. The fourth-order valence-electron chi connectivity index (χ4n) is 3.22. The lowest BCUT2D eigenvalue weighted by molar-refractivity contribution is 0.341. The highest BCUT2D eigenvalue weighted by atomic mass is 79.9. The molecule has 1 aromatic carbocycles. The molecule has 1 N–H and O–H groups in total. The fraction of sp³-hybridized carbons (Fsp3) is 0.278. The van der Waals surface area contributed by atoms with Crippen molar-refractivity contribution in [1.82, 2.24) is 24.1 Å². The summed E-state index contributed by atoms with van der Waals surface area (Å²) in [6.45, 7) is 5.17. The van der Waals surface area contributed by atoms with Gasteiger partial charge >= 0.3 is 5.69 Å². The molecule has 0 saturated heterocycles. The van der Waals surface area contributed by atoms with Crippen LogP contribution in [0.3, 0.4) is 0 Å². The third kappa shape index (κ3) is 2.44. The maximum atomic E-state index is 12.8. The highest BCUT2D eigenvalue weighted by molar-refractivity contribution is 9.10. The number of hydrogen-bond donors (Lipinski definition) is 1. The van der Waals surface area contributed by atoms with E-state index in [-0.39, 0.29) is 5.69 Å². The molecule has 4 aromatic rings. The molecule has 0 radical (unpaired) electrons. The van der Waals surface area contributed by atoms with Gasteiger partial charge in [-0.05, 0) is 41.4 Å². The highest BCUT2D eigenvalue weighted by Crippen LogP contribution is 2.39. The molecule has 0 fully saturated rings. The molecule has 7 nitrogen and oxygen atoms in total. The van der Waals surface area contributed by atoms with Crippen LogP contribution in [0.2, 0.25) is 0 Å². The van der Waals surface area contributed by atoms with Crippen LogP contribution in [-0.2, 0) is 6.54 Å². The molecule has 3 heterocycles. The van der Waals surface area contributed by atoms with Gasteiger partial charge in [-0.15, -0.1) is 10.2 Å². The first-order valence-corrected chi connectivity index (χ1v) is 9.32. The van der Waals surface area contributed by atoms with Crippen molar-refractivity contribution in [1.29, 1.82) is 0 Å². The van der Waals surface area contributed by atoms with Gasteiger partial charge in [0.2, 0.25) is 0 Å². The molecule has 26 heavy (non-hydrogen) atoms. The smallest absolute Gasteiger partial charge is 0.335 e. The van der Waals surface area contributed by atoms with E-state index in [1.165, 1.54) is 10.7 Å². The zero-order valence-electron chi connectivity index (χ0n) is 14.5. The van der Waals surface area contributed by atoms with Crippen LogP contribution in [-0.4, -0.2) is 30.8 Å². The van der Waals surface area contributed by atoms with Gasteiger partial charge in [0.05, 0.1) is 22.3 Å². The Morgan fingerprint density at radius 3 is 2.85 bits per heavy atom. The lowest BCUT2D eigenvalue weighted by Crippen LogP contribution is -2.26. The van der Waals surface area contributed by atoms with E-state index >= 15 is 0 Å². The molecule has 0 aliphatic rings. The Morgan fingerprint density at radius 1 is 1.27 bits per heavy atom. The van der Waals surface area contributed by atoms with Gasteiger partial charge in [-0.3, -0.25) is 4.57 Å². The fourth-order valence-corrected chi connectivity index (χ4v) is 3.95. The number of para-hydroxylation sites is 1. The number of nitrogens with one attached hydrogen (secondary N) is 1. The minimum absolute atomic E-state index is 0.149. The summed E-state index contributed by atoms with van der Waals surface area (Å²) in [5.41, 5.74) is 3.69. The van der Waals surface area contributed by atoms with E-state index in [1.54, 1.807) is 4.57 Å². The standard InChI is InChI=1S/C18H18BrN5O2/c1-3-9-23-16-13(19)14(11-7-5-6-8-12(11)26-4-2)21-15(16)17-22-20-10-24(17)18(23)25/h5-8,10,21H,3-4,9H2,1-2H3. The van der Waals surface area contributed by atoms with Crippen LogP contribution in [0, 0.1) is 0 Å². The normalized spacial score (nSPS) is 11.5. The van der Waals surface area contributed by atoms with Crippen LogP contribution in [0.25, 0.3) is 27.9 Å². The molecule has 0 atom stereocenters. The summed E-state index contributed by atoms with van der Waals surface area (Å²) >= 11 is 3.70. The van der Waals surface area contributed by atoms with Gasteiger partial charge in [0, 0.05) is 12.1 Å². The zero-order chi connectivity index (χ0) is 18.3. The van der Waals surface area contributed by atoms with Crippen molar-refractivity contribution in [3.8, 4) is 17.0 Å². The van der Waals surface area contributed by atoms with E-state index in [1.807, 2.05) is 38.1 Å². The van der Waals surface area contributed by atoms with Crippen LogP contribution >= 0.6 is 15.9 Å². The number of ether oxygens (including phenoxy) is 1. The quantitative estimate of drug-likeness (QED) is 0.539. The summed E-state index contributed by atoms with van der Waals surface area (Å²) in [5, 5.41) is 8.04. The Hall–Kier alpha value is -2.61. The predicted molar refractivity (Wildman–Crippen MR) is 104 cm³/mol. The van der Waals surface area contributed by atoms with Crippen LogP contribution in [0.15, 0.2) is 39.9 Å². The number of rotatable bonds is 5. The first-order valence-electron chi connectivity index (χ1n) is 8.53. The topological polar surface area (TPSA) is 77.2 Å². The summed E-state index contributed by atoms with van der Waals surface area (Å²) in [6.07, 6.45) is 2.29. The van der Waals surface area contributed by atoms with Crippen molar-refractivity contribution < 1.29 is 4.74 Å². The van der Waals surface area contributed by atoms with Crippen LogP contribution in [0.4, 0.5) is 0 Å². The van der Waals surface area contributed by atoms with Gasteiger partial charge < -0.3 is 9.72 Å². The Morgan fingerprint density at radius 2 is 2.08 bits per heavy atom. The number of benzene rings is 1. The van der Waals surface area contributed by atoms with Crippen LogP contribution < -0.4 is 10.4 Å². The first kappa shape index (κ1) is 16.8. The summed E-state index contributed by atoms with van der Waals surface area (Å²) in [7, 11) is 0. The van der Waals surface area contributed by atoms with E-state index in [0.717, 1.165) is 38.9 Å². The Labute approximate surface area is 157 Å². The number of aromatic amines is 1. The molecule has 0 aliphatic carbocycles. The van der Waals surface area contributed by atoms with Crippen molar-refractivity contribution in [2.75, 3.05) is 6.61 Å². The first-order chi connectivity index (χ1) is 12.7. The molecule has 8 heteroatoms. The van der Waals surface area contributed by atoms with Gasteiger partial charge in [0.25, 0.3) is 0 Å². The Balaban J connectivity index is 2.10. The molecule has 0 spiro atoms. The summed E-state index contributed by atoms with van der Waals surface area (Å²) in [4.78, 5) is 16.3. The van der Waals surface area contributed by atoms with Crippen LogP contribution in [0.5, 0.6) is 5.75 Å². The molecule has 0 bridgehead atoms. The molecular weight excluding hydrogens is 398 g/mol. The number of nitrogens with zero attached hydrogens (tertiary/aromatic N) is 4. The molecule has 0 amide bonds. The molecule has 0 aliphatic heterocycles. The molecule has 4 rings (SSSR count). The van der Waals surface area contributed by atoms with Crippen molar-refractivity contribution in [3.63, 3.8) is 0 Å². The SMILES string of the molecule is CCCn1c(=O)n2cnnc2c2[nH]c(-c3ccccc3OCC)c(Br)c21. The molecule has 3 aromatic heterocycles. The molecule has 0 saturated carbocycles. The van der Waals surface area contributed by atoms with E-state index in [2.05, 4.69) is 31.1 Å². The van der Waals surface area contributed by atoms with E-state index in [0.29, 0.717) is 18.8 Å². The molecule has 0 unspecified atom stereocenters. The minimum Gasteiger partial charge on any atom is -0.493 e. The summed E-state index contributed by atoms with van der Waals surface area (Å²) in [5.74, 6) is 0.782. The Kier molecular flexibility index (Phi) is 4.28. The predicted octanol–water partition coefficient (Wildman–Crippen LogP) is 3.61. The minimum atomic E-state index is -0.149. The van der Waals surface area contributed by atoms with Crippen molar-refractivity contribution in [2.24, 2.45) is 0 Å². The third-order valence-electron chi connectivity index (χ3n) is 4.30. The average Bonchev–Trinajstić information content (AvgIpc) is 3.25. The van der Waals surface area contributed by atoms with Gasteiger partial charge in [-0.1, -0.05) is 19.1 Å². The van der Waals surface area contributed by atoms with Gasteiger partial charge in [0.1, 0.15) is 17.6 Å². The van der Waals surface area contributed by atoms with Crippen molar-refractivity contribution in [3.05, 3.63) is 45.5 Å². The van der Waals surface area contributed by atoms with Gasteiger partial charge in [0.15, 0.2) is 5.65 Å². The van der Waals surface area contributed by atoms with E-state index in [9.17, 15) is 4.79 Å². The van der Waals surface area contributed by atoms with Gasteiger partial charge in [-0.2, -0.15) is 0 Å². The number of aromatic nitrogens is 5. The number of hydrogen-bond acceptors (Lipinski definition) is 4. The number of H-pyrrole nitrogens is 1. The van der Waals surface area contributed by atoms with Crippen molar-refractivity contribution >= 4 is 32.6 Å². The van der Waals surface area contributed by atoms with Gasteiger partial charge in [-0.25, -0.2) is 9.20 Å². The van der Waals surface area contributed by atoms with E-state index in [4.69, 9.17) is 4.74 Å². The average molecular weight is 416 g/mol. The lowest BCUT2D eigenvalue weighted by Gasteiger charge is -2.09. The van der Waals surface area contributed by atoms with Crippen molar-refractivity contribution in [2.45, 2.75) is 26.8 Å². The molecular formula is C18H18BrN5O2.